The molecule has 2 aliphatic rings. The van der Waals surface area contributed by atoms with Crippen LogP contribution in [0.2, 0.25) is 0 Å². The highest BCUT2D eigenvalue weighted by Gasteiger charge is 2.41. The van der Waals surface area contributed by atoms with Crippen LogP contribution in [0, 0.1) is 5.92 Å². The van der Waals surface area contributed by atoms with Crippen molar-refractivity contribution in [3.8, 4) is 0 Å². The molecule has 2 fully saturated rings. The number of benzene rings is 1. The van der Waals surface area contributed by atoms with Crippen molar-refractivity contribution in [2.45, 2.75) is 44.7 Å². The third-order valence-electron chi connectivity index (χ3n) is 4.87. The van der Waals surface area contributed by atoms with Crippen molar-refractivity contribution in [1.82, 2.24) is 4.90 Å². The Bertz CT molecular complexity index is 415. The molecule has 1 aliphatic heterocycles. The number of hydrogen-bond acceptors (Lipinski definition) is 2. The average molecular weight is 244 g/mol. The zero-order chi connectivity index (χ0) is 12.5. The van der Waals surface area contributed by atoms with Crippen LogP contribution in [0.3, 0.4) is 0 Å². The summed E-state index contributed by atoms with van der Waals surface area (Å²) in [6.07, 6.45) is 5.34. The van der Waals surface area contributed by atoms with Crippen molar-refractivity contribution in [3.63, 3.8) is 0 Å². The van der Waals surface area contributed by atoms with E-state index in [4.69, 9.17) is 5.73 Å². The first-order valence-corrected chi connectivity index (χ1v) is 7.37. The quantitative estimate of drug-likeness (QED) is 0.882. The fraction of sp³-hybridized carbons (Fsp3) is 0.625. The van der Waals surface area contributed by atoms with Gasteiger partial charge in [0, 0.05) is 25.2 Å². The first-order chi connectivity index (χ1) is 8.83. The third-order valence-corrected chi connectivity index (χ3v) is 4.87. The topological polar surface area (TPSA) is 29.3 Å². The van der Waals surface area contributed by atoms with Gasteiger partial charge in [-0.15, -0.1) is 0 Å². The SMILES string of the molecule is CCc1ccccc1C(CN)N1CC2CCC1C2. The van der Waals surface area contributed by atoms with E-state index in [0.29, 0.717) is 6.04 Å². The van der Waals surface area contributed by atoms with E-state index in [2.05, 4.69) is 36.1 Å². The van der Waals surface area contributed by atoms with Crippen LogP contribution < -0.4 is 5.73 Å². The highest BCUT2D eigenvalue weighted by molar-refractivity contribution is 5.31. The van der Waals surface area contributed by atoms with Crippen LogP contribution in [0.25, 0.3) is 0 Å². The summed E-state index contributed by atoms with van der Waals surface area (Å²) in [6, 6.07) is 10.1. The molecule has 1 heterocycles. The number of rotatable bonds is 4. The highest BCUT2D eigenvalue weighted by atomic mass is 15.2. The molecule has 0 radical (unpaired) electrons. The van der Waals surface area contributed by atoms with E-state index in [9.17, 15) is 0 Å². The maximum absolute atomic E-state index is 6.10. The molecular formula is C16H24N2. The summed E-state index contributed by atoms with van der Waals surface area (Å²) in [5, 5.41) is 0. The molecule has 1 saturated carbocycles. The monoisotopic (exact) mass is 244 g/mol. The van der Waals surface area contributed by atoms with Crippen molar-refractivity contribution in [3.05, 3.63) is 35.4 Å². The van der Waals surface area contributed by atoms with Crippen LogP contribution in [-0.4, -0.2) is 24.0 Å². The maximum atomic E-state index is 6.10. The molecule has 1 aromatic carbocycles. The molecule has 3 unspecified atom stereocenters. The summed E-state index contributed by atoms with van der Waals surface area (Å²) < 4.78 is 0. The van der Waals surface area contributed by atoms with Gasteiger partial charge in [0.25, 0.3) is 0 Å². The Hall–Kier alpha value is -0.860. The van der Waals surface area contributed by atoms with Gasteiger partial charge < -0.3 is 5.73 Å². The predicted molar refractivity (Wildman–Crippen MR) is 75.5 cm³/mol. The van der Waals surface area contributed by atoms with E-state index in [0.717, 1.165) is 24.9 Å². The number of hydrogen-bond donors (Lipinski definition) is 1. The Morgan fingerprint density at radius 3 is 2.78 bits per heavy atom. The molecule has 1 aromatic rings. The summed E-state index contributed by atoms with van der Waals surface area (Å²) in [5.74, 6) is 0.942. The van der Waals surface area contributed by atoms with E-state index in [1.165, 1.54) is 36.9 Å². The molecule has 98 valence electrons. The van der Waals surface area contributed by atoms with Gasteiger partial charge in [0.1, 0.15) is 0 Å². The minimum Gasteiger partial charge on any atom is -0.329 e. The summed E-state index contributed by atoms with van der Waals surface area (Å²) in [4.78, 5) is 2.68. The number of likely N-dealkylation sites (tertiary alicyclic amines) is 1. The van der Waals surface area contributed by atoms with Crippen LogP contribution in [0.15, 0.2) is 24.3 Å². The van der Waals surface area contributed by atoms with Crippen molar-refractivity contribution < 1.29 is 0 Å². The second-order valence-electron chi connectivity index (χ2n) is 5.83. The van der Waals surface area contributed by atoms with Gasteiger partial charge in [-0.25, -0.2) is 0 Å². The molecule has 2 heteroatoms. The molecule has 0 spiro atoms. The van der Waals surface area contributed by atoms with Gasteiger partial charge in [-0.3, -0.25) is 4.90 Å². The van der Waals surface area contributed by atoms with Crippen molar-refractivity contribution >= 4 is 0 Å². The number of nitrogens with two attached hydrogens (primary N) is 1. The fourth-order valence-electron chi connectivity index (χ4n) is 3.97. The minimum atomic E-state index is 0.441. The van der Waals surface area contributed by atoms with Gasteiger partial charge >= 0.3 is 0 Å². The Kier molecular flexibility index (Phi) is 3.40. The molecule has 1 saturated heterocycles. The van der Waals surface area contributed by atoms with Gasteiger partial charge in [-0.1, -0.05) is 31.2 Å². The largest absolute Gasteiger partial charge is 0.329 e. The second-order valence-corrected chi connectivity index (χ2v) is 5.83. The zero-order valence-electron chi connectivity index (χ0n) is 11.3. The van der Waals surface area contributed by atoms with Crippen LogP contribution in [0.1, 0.15) is 43.4 Å². The van der Waals surface area contributed by atoms with E-state index in [1.54, 1.807) is 0 Å². The lowest BCUT2D eigenvalue weighted by Gasteiger charge is -2.35. The van der Waals surface area contributed by atoms with Gasteiger partial charge in [0.15, 0.2) is 0 Å². The van der Waals surface area contributed by atoms with Crippen molar-refractivity contribution in [1.29, 1.82) is 0 Å². The van der Waals surface area contributed by atoms with Gasteiger partial charge in [0.2, 0.25) is 0 Å². The Morgan fingerprint density at radius 1 is 1.33 bits per heavy atom. The van der Waals surface area contributed by atoms with Gasteiger partial charge in [-0.05, 0) is 42.7 Å². The maximum Gasteiger partial charge on any atom is 0.0476 e. The summed E-state index contributed by atoms with van der Waals surface area (Å²) in [5.41, 5.74) is 9.03. The van der Waals surface area contributed by atoms with Crippen LogP contribution in [0.5, 0.6) is 0 Å². The molecule has 18 heavy (non-hydrogen) atoms. The predicted octanol–water partition coefficient (Wildman–Crippen LogP) is 2.73. The van der Waals surface area contributed by atoms with Crippen molar-refractivity contribution in [2.24, 2.45) is 11.7 Å². The summed E-state index contributed by atoms with van der Waals surface area (Å²) in [6.45, 7) is 4.26. The molecule has 2 nitrogen and oxygen atoms in total. The second kappa shape index (κ2) is 5.02. The van der Waals surface area contributed by atoms with E-state index < -0.39 is 0 Å². The minimum absolute atomic E-state index is 0.441. The molecule has 0 amide bonds. The molecular weight excluding hydrogens is 220 g/mol. The third kappa shape index (κ3) is 1.98. The lowest BCUT2D eigenvalue weighted by atomic mass is 9.96. The number of piperidine rings is 1. The van der Waals surface area contributed by atoms with E-state index >= 15 is 0 Å². The summed E-state index contributed by atoms with van der Waals surface area (Å²) in [7, 11) is 0. The fourth-order valence-corrected chi connectivity index (χ4v) is 3.97. The van der Waals surface area contributed by atoms with E-state index in [-0.39, 0.29) is 0 Å². The highest BCUT2D eigenvalue weighted by Crippen LogP contribution is 2.42. The van der Waals surface area contributed by atoms with Gasteiger partial charge in [-0.2, -0.15) is 0 Å². The lowest BCUT2D eigenvalue weighted by Crippen LogP contribution is -2.39. The Labute approximate surface area is 110 Å². The zero-order valence-corrected chi connectivity index (χ0v) is 11.3. The lowest BCUT2D eigenvalue weighted by molar-refractivity contribution is 0.152. The Morgan fingerprint density at radius 2 is 2.17 bits per heavy atom. The normalized spacial score (nSPS) is 28.8. The van der Waals surface area contributed by atoms with Crippen LogP contribution in [-0.2, 0) is 6.42 Å². The molecule has 1 aliphatic carbocycles. The first kappa shape index (κ1) is 12.2. The Balaban J connectivity index is 1.88. The number of nitrogens with zero attached hydrogens (tertiary/aromatic N) is 1. The smallest absolute Gasteiger partial charge is 0.0476 e. The number of aryl methyl sites for hydroxylation is 1. The first-order valence-electron chi connectivity index (χ1n) is 7.37. The molecule has 2 bridgehead atoms. The van der Waals surface area contributed by atoms with E-state index in [1.807, 2.05) is 0 Å². The van der Waals surface area contributed by atoms with Crippen LogP contribution in [0.4, 0.5) is 0 Å². The standard InChI is InChI=1S/C16H24N2/c1-2-13-5-3-4-6-15(13)16(10-17)18-11-12-7-8-14(18)9-12/h3-6,12,14,16H,2,7-11,17H2,1H3. The number of fused-ring (bicyclic) bond motifs is 2. The molecule has 3 rings (SSSR count). The van der Waals surface area contributed by atoms with Crippen LogP contribution >= 0.6 is 0 Å². The van der Waals surface area contributed by atoms with Crippen molar-refractivity contribution in [2.75, 3.05) is 13.1 Å². The summed E-state index contributed by atoms with van der Waals surface area (Å²) >= 11 is 0. The van der Waals surface area contributed by atoms with Gasteiger partial charge in [0.05, 0.1) is 0 Å². The molecule has 0 aromatic heterocycles. The molecule has 2 N–H and O–H groups in total. The average Bonchev–Trinajstić information content (AvgIpc) is 3.03. The molecule has 3 atom stereocenters.